The second-order valence-electron chi connectivity index (χ2n) is 4.29. The SMILES string of the molecule is O=C(NC1C2CNCC21)C1CC1. The lowest BCUT2D eigenvalue weighted by Gasteiger charge is -2.06. The molecule has 1 amide bonds. The Hall–Kier alpha value is -0.570. The quantitative estimate of drug-likeness (QED) is 0.593. The van der Waals surface area contributed by atoms with Crippen LogP contribution in [0.1, 0.15) is 12.8 Å². The number of piperidine rings is 1. The topological polar surface area (TPSA) is 41.1 Å². The Labute approximate surface area is 71.9 Å². The van der Waals surface area contributed by atoms with Gasteiger partial charge in [0.1, 0.15) is 0 Å². The molecule has 0 bridgehead atoms. The molecule has 12 heavy (non-hydrogen) atoms. The largest absolute Gasteiger partial charge is 0.352 e. The highest BCUT2D eigenvalue weighted by atomic mass is 16.2. The highest BCUT2D eigenvalue weighted by Crippen LogP contribution is 2.42. The lowest BCUT2D eigenvalue weighted by Crippen LogP contribution is -2.33. The van der Waals surface area contributed by atoms with Gasteiger partial charge in [-0.2, -0.15) is 0 Å². The molecular weight excluding hydrogens is 152 g/mol. The van der Waals surface area contributed by atoms with Crippen LogP contribution < -0.4 is 10.6 Å². The number of hydrogen-bond acceptors (Lipinski definition) is 2. The first kappa shape index (κ1) is 6.89. The van der Waals surface area contributed by atoms with Crippen molar-refractivity contribution in [3.8, 4) is 0 Å². The smallest absolute Gasteiger partial charge is 0.223 e. The predicted molar refractivity (Wildman–Crippen MR) is 44.5 cm³/mol. The number of rotatable bonds is 2. The Bertz CT molecular complexity index is 215. The van der Waals surface area contributed by atoms with Crippen molar-refractivity contribution in [2.24, 2.45) is 17.8 Å². The zero-order chi connectivity index (χ0) is 8.13. The van der Waals surface area contributed by atoms with E-state index in [0.717, 1.165) is 37.8 Å². The molecule has 3 heteroatoms. The van der Waals surface area contributed by atoms with Gasteiger partial charge in [-0.05, 0) is 24.7 Å². The minimum Gasteiger partial charge on any atom is -0.352 e. The van der Waals surface area contributed by atoms with Crippen LogP contribution in [0.4, 0.5) is 0 Å². The first-order valence-electron chi connectivity index (χ1n) is 4.87. The minimum absolute atomic E-state index is 0.314. The third kappa shape index (κ3) is 0.959. The molecular formula is C9H14N2O. The van der Waals surface area contributed by atoms with Gasteiger partial charge in [0, 0.05) is 25.0 Å². The van der Waals surface area contributed by atoms with Crippen molar-refractivity contribution in [3.63, 3.8) is 0 Å². The summed E-state index contributed by atoms with van der Waals surface area (Å²) in [6.07, 6.45) is 2.23. The number of carbonyl (C=O) groups is 1. The number of carbonyl (C=O) groups excluding carboxylic acids is 1. The third-order valence-corrected chi connectivity index (χ3v) is 3.35. The lowest BCUT2D eigenvalue weighted by molar-refractivity contribution is -0.122. The first-order valence-corrected chi connectivity index (χ1v) is 4.87. The number of hydrogen-bond donors (Lipinski definition) is 2. The maximum atomic E-state index is 11.4. The summed E-state index contributed by atoms with van der Waals surface area (Å²) in [4.78, 5) is 11.4. The van der Waals surface area contributed by atoms with Crippen LogP contribution in [0.15, 0.2) is 0 Å². The maximum Gasteiger partial charge on any atom is 0.223 e. The Kier molecular flexibility index (Phi) is 1.28. The average molecular weight is 166 g/mol. The van der Waals surface area contributed by atoms with Crippen LogP contribution in [0.5, 0.6) is 0 Å². The third-order valence-electron chi connectivity index (χ3n) is 3.35. The fourth-order valence-electron chi connectivity index (χ4n) is 2.26. The molecule has 2 saturated carbocycles. The molecule has 2 N–H and O–H groups in total. The van der Waals surface area contributed by atoms with Gasteiger partial charge in [-0.15, -0.1) is 0 Å². The number of nitrogens with one attached hydrogen (secondary N) is 2. The number of fused-ring (bicyclic) bond motifs is 1. The maximum absolute atomic E-state index is 11.4. The van der Waals surface area contributed by atoms with Gasteiger partial charge in [-0.25, -0.2) is 0 Å². The van der Waals surface area contributed by atoms with Crippen LogP contribution in [0.3, 0.4) is 0 Å². The van der Waals surface area contributed by atoms with E-state index in [4.69, 9.17) is 0 Å². The van der Waals surface area contributed by atoms with Gasteiger partial charge in [0.15, 0.2) is 0 Å². The minimum atomic E-state index is 0.314. The Morgan fingerprint density at radius 1 is 1.25 bits per heavy atom. The summed E-state index contributed by atoms with van der Waals surface area (Å²) in [5.74, 6) is 2.20. The molecule has 1 aliphatic heterocycles. The van der Waals surface area contributed by atoms with Gasteiger partial charge in [-0.3, -0.25) is 4.79 Å². The fraction of sp³-hybridized carbons (Fsp3) is 0.889. The van der Waals surface area contributed by atoms with Crippen molar-refractivity contribution in [2.75, 3.05) is 13.1 Å². The summed E-state index contributed by atoms with van der Waals surface area (Å²) in [7, 11) is 0. The van der Waals surface area contributed by atoms with E-state index in [1.807, 2.05) is 0 Å². The van der Waals surface area contributed by atoms with E-state index >= 15 is 0 Å². The first-order chi connectivity index (χ1) is 5.86. The highest BCUT2D eigenvalue weighted by molar-refractivity contribution is 5.81. The van der Waals surface area contributed by atoms with E-state index in [-0.39, 0.29) is 0 Å². The van der Waals surface area contributed by atoms with E-state index in [1.54, 1.807) is 0 Å². The lowest BCUT2D eigenvalue weighted by atomic mass is 10.3. The number of amides is 1. The van der Waals surface area contributed by atoms with Gasteiger partial charge >= 0.3 is 0 Å². The molecule has 3 nitrogen and oxygen atoms in total. The molecule has 3 rings (SSSR count). The molecule has 66 valence electrons. The molecule has 2 atom stereocenters. The summed E-state index contributed by atoms with van der Waals surface area (Å²) < 4.78 is 0. The van der Waals surface area contributed by atoms with Crippen molar-refractivity contribution in [1.82, 2.24) is 10.6 Å². The van der Waals surface area contributed by atoms with Crippen LogP contribution in [0, 0.1) is 17.8 Å². The van der Waals surface area contributed by atoms with E-state index < -0.39 is 0 Å². The highest BCUT2D eigenvalue weighted by Gasteiger charge is 2.54. The summed E-state index contributed by atoms with van der Waals surface area (Å²) in [5, 5.41) is 6.46. The normalized spacial score (nSPS) is 43.8. The Morgan fingerprint density at radius 2 is 1.92 bits per heavy atom. The van der Waals surface area contributed by atoms with Gasteiger partial charge in [0.25, 0.3) is 0 Å². The molecule has 2 unspecified atom stereocenters. The molecule has 0 radical (unpaired) electrons. The Balaban J connectivity index is 1.53. The van der Waals surface area contributed by atoms with Crippen molar-refractivity contribution < 1.29 is 4.79 Å². The van der Waals surface area contributed by atoms with Crippen molar-refractivity contribution >= 4 is 5.91 Å². The molecule has 1 heterocycles. The summed E-state index contributed by atoms with van der Waals surface area (Å²) in [5.41, 5.74) is 0. The van der Waals surface area contributed by atoms with Crippen molar-refractivity contribution in [1.29, 1.82) is 0 Å². The molecule has 0 aromatic heterocycles. The van der Waals surface area contributed by atoms with Crippen LogP contribution in [0.25, 0.3) is 0 Å². The van der Waals surface area contributed by atoms with E-state index in [2.05, 4.69) is 10.6 Å². The average Bonchev–Trinajstić information content (AvgIpc) is 2.94. The predicted octanol–water partition coefficient (Wildman–Crippen LogP) is -0.270. The van der Waals surface area contributed by atoms with E-state index in [1.165, 1.54) is 0 Å². The summed E-state index contributed by atoms with van der Waals surface area (Å²) in [6, 6.07) is 0.527. The van der Waals surface area contributed by atoms with Crippen LogP contribution in [-0.2, 0) is 4.79 Å². The fourth-order valence-corrected chi connectivity index (χ4v) is 2.26. The second-order valence-corrected chi connectivity index (χ2v) is 4.29. The van der Waals surface area contributed by atoms with Gasteiger partial charge in [0.2, 0.25) is 5.91 Å². The molecule has 0 aromatic rings. The van der Waals surface area contributed by atoms with Crippen molar-refractivity contribution in [3.05, 3.63) is 0 Å². The zero-order valence-electron chi connectivity index (χ0n) is 7.05. The summed E-state index contributed by atoms with van der Waals surface area (Å²) >= 11 is 0. The Morgan fingerprint density at radius 3 is 2.50 bits per heavy atom. The zero-order valence-corrected chi connectivity index (χ0v) is 7.05. The van der Waals surface area contributed by atoms with E-state index in [0.29, 0.717) is 17.9 Å². The van der Waals surface area contributed by atoms with E-state index in [9.17, 15) is 4.79 Å². The van der Waals surface area contributed by atoms with Crippen LogP contribution in [0.2, 0.25) is 0 Å². The summed E-state index contributed by atoms with van der Waals surface area (Å²) in [6.45, 7) is 2.22. The molecule has 3 fully saturated rings. The van der Waals surface area contributed by atoms with Crippen LogP contribution >= 0.6 is 0 Å². The van der Waals surface area contributed by atoms with Crippen molar-refractivity contribution in [2.45, 2.75) is 18.9 Å². The molecule has 2 aliphatic carbocycles. The molecule has 0 aromatic carbocycles. The monoisotopic (exact) mass is 166 g/mol. The van der Waals surface area contributed by atoms with Gasteiger partial charge < -0.3 is 10.6 Å². The van der Waals surface area contributed by atoms with Gasteiger partial charge in [-0.1, -0.05) is 0 Å². The second kappa shape index (κ2) is 2.22. The van der Waals surface area contributed by atoms with Crippen LogP contribution in [-0.4, -0.2) is 25.0 Å². The standard InChI is InChI=1S/C9H14N2O/c12-9(5-1-2-5)11-8-6-3-10-4-7(6)8/h5-8,10H,1-4H2,(H,11,12). The molecule has 1 saturated heterocycles. The van der Waals surface area contributed by atoms with Gasteiger partial charge in [0.05, 0.1) is 0 Å². The molecule has 0 spiro atoms. The molecule has 3 aliphatic rings.